The third kappa shape index (κ3) is 2.17. The van der Waals surface area contributed by atoms with E-state index < -0.39 is 12.0 Å². The number of carboxylic acids is 1. The lowest BCUT2D eigenvalue weighted by Gasteiger charge is -2.13. The summed E-state index contributed by atoms with van der Waals surface area (Å²) in [4.78, 5) is 17.2. The van der Waals surface area contributed by atoms with Crippen LogP contribution in [0.3, 0.4) is 0 Å². The summed E-state index contributed by atoms with van der Waals surface area (Å²) in [7, 11) is 0. The van der Waals surface area contributed by atoms with E-state index >= 15 is 0 Å². The molecule has 2 rings (SSSR count). The maximum atomic E-state index is 10.7. The van der Waals surface area contributed by atoms with Gasteiger partial charge in [0, 0.05) is 18.5 Å². The van der Waals surface area contributed by atoms with E-state index in [0.29, 0.717) is 11.6 Å². The van der Waals surface area contributed by atoms with E-state index in [9.17, 15) is 4.79 Å². The number of hydrogen-bond acceptors (Lipinski definition) is 5. The fraction of sp³-hybridized carbons (Fsp3) is 0.600. The van der Waals surface area contributed by atoms with E-state index in [-0.39, 0.29) is 0 Å². The zero-order valence-corrected chi connectivity index (χ0v) is 9.91. The van der Waals surface area contributed by atoms with Gasteiger partial charge in [0.2, 0.25) is 0 Å². The standard InChI is InChI=1S/C10H15N3O2S/c1-6-2-3-13(4-6)10-12-7(5-16-10)8(11)9(14)15/h5-6,8H,2-4,11H2,1H3,(H,14,15). The number of rotatable bonds is 3. The monoisotopic (exact) mass is 241 g/mol. The Balaban J connectivity index is 2.10. The minimum atomic E-state index is -1.04. The first-order chi connectivity index (χ1) is 7.58. The number of anilines is 1. The molecule has 6 heteroatoms. The molecular formula is C10H15N3O2S. The summed E-state index contributed by atoms with van der Waals surface area (Å²) in [5.41, 5.74) is 5.95. The topological polar surface area (TPSA) is 79.5 Å². The predicted molar refractivity (Wildman–Crippen MR) is 62.7 cm³/mol. The lowest BCUT2D eigenvalue weighted by molar-refractivity contribution is -0.138. The molecule has 5 nitrogen and oxygen atoms in total. The fourth-order valence-corrected chi connectivity index (χ4v) is 2.70. The van der Waals surface area contributed by atoms with Gasteiger partial charge in [0.1, 0.15) is 6.04 Å². The predicted octanol–water partition coefficient (Wildman–Crippen LogP) is 1.07. The molecule has 88 valence electrons. The Morgan fingerprint density at radius 3 is 3.12 bits per heavy atom. The molecule has 1 saturated heterocycles. The van der Waals surface area contributed by atoms with Gasteiger partial charge in [-0.25, -0.2) is 4.98 Å². The molecule has 3 N–H and O–H groups in total. The van der Waals surface area contributed by atoms with Crippen LogP contribution in [0.25, 0.3) is 0 Å². The Morgan fingerprint density at radius 1 is 1.81 bits per heavy atom. The van der Waals surface area contributed by atoms with Crippen molar-refractivity contribution < 1.29 is 9.90 Å². The van der Waals surface area contributed by atoms with Crippen molar-refractivity contribution >= 4 is 22.4 Å². The summed E-state index contributed by atoms with van der Waals surface area (Å²) in [6.07, 6.45) is 1.17. The molecule has 0 aromatic carbocycles. The molecule has 0 saturated carbocycles. The maximum absolute atomic E-state index is 10.7. The van der Waals surface area contributed by atoms with Crippen LogP contribution in [0, 0.1) is 5.92 Å². The van der Waals surface area contributed by atoms with Crippen molar-refractivity contribution in [2.45, 2.75) is 19.4 Å². The molecular weight excluding hydrogens is 226 g/mol. The third-order valence-electron chi connectivity index (χ3n) is 2.79. The largest absolute Gasteiger partial charge is 0.480 e. The fourth-order valence-electron chi connectivity index (χ4n) is 1.80. The van der Waals surface area contributed by atoms with Crippen LogP contribution in [0.15, 0.2) is 5.38 Å². The molecule has 1 aliphatic heterocycles. The average molecular weight is 241 g/mol. The van der Waals surface area contributed by atoms with Crippen molar-refractivity contribution in [3.63, 3.8) is 0 Å². The minimum Gasteiger partial charge on any atom is -0.480 e. The van der Waals surface area contributed by atoms with Crippen molar-refractivity contribution in [1.29, 1.82) is 0 Å². The van der Waals surface area contributed by atoms with Gasteiger partial charge in [-0.2, -0.15) is 0 Å². The number of carbonyl (C=O) groups is 1. The molecule has 1 aliphatic rings. The Morgan fingerprint density at radius 2 is 2.56 bits per heavy atom. The second-order valence-electron chi connectivity index (χ2n) is 4.21. The van der Waals surface area contributed by atoms with Crippen LogP contribution in [-0.2, 0) is 4.79 Å². The summed E-state index contributed by atoms with van der Waals surface area (Å²) >= 11 is 1.47. The highest BCUT2D eigenvalue weighted by Gasteiger charge is 2.23. The van der Waals surface area contributed by atoms with E-state index in [0.717, 1.165) is 18.2 Å². The first-order valence-corrected chi connectivity index (χ1v) is 6.14. The van der Waals surface area contributed by atoms with Crippen molar-refractivity contribution in [3.05, 3.63) is 11.1 Å². The first kappa shape index (κ1) is 11.3. The first-order valence-electron chi connectivity index (χ1n) is 5.26. The smallest absolute Gasteiger partial charge is 0.326 e. The number of nitrogens with zero attached hydrogens (tertiary/aromatic N) is 2. The molecule has 16 heavy (non-hydrogen) atoms. The Labute approximate surface area is 97.9 Å². The summed E-state index contributed by atoms with van der Waals surface area (Å²) in [5, 5.41) is 11.4. The molecule has 1 aromatic rings. The third-order valence-corrected chi connectivity index (χ3v) is 3.71. The van der Waals surface area contributed by atoms with Crippen molar-refractivity contribution in [3.8, 4) is 0 Å². The van der Waals surface area contributed by atoms with E-state index in [4.69, 9.17) is 10.8 Å². The Bertz CT molecular complexity index is 393. The number of thiazole rings is 1. The van der Waals surface area contributed by atoms with Crippen LogP contribution in [-0.4, -0.2) is 29.1 Å². The van der Waals surface area contributed by atoms with Crippen LogP contribution in [0.5, 0.6) is 0 Å². The van der Waals surface area contributed by atoms with Crippen LogP contribution < -0.4 is 10.6 Å². The van der Waals surface area contributed by atoms with Crippen LogP contribution in [0.1, 0.15) is 25.1 Å². The molecule has 1 fully saturated rings. The number of nitrogens with two attached hydrogens (primary N) is 1. The van der Waals surface area contributed by atoms with Crippen molar-refractivity contribution in [1.82, 2.24) is 4.98 Å². The molecule has 0 spiro atoms. The normalized spacial score (nSPS) is 22.4. The van der Waals surface area contributed by atoms with Gasteiger partial charge in [-0.15, -0.1) is 11.3 Å². The second-order valence-corrected chi connectivity index (χ2v) is 5.05. The summed E-state index contributed by atoms with van der Waals surface area (Å²) in [5.74, 6) is -0.355. The quantitative estimate of drug-likeness (QED) is 0.827. The van der Waals surface area contributed by atoms with E-state index in [1.54, 1.807) is 5.38 Å². The average Bonchev–Trinajstić information content (AvgIpc) is 2.84. The number of carboxylic acid groups (broad SMARTS) is 1. The molecule has 2 atom stereocenters. The van der Waals surface area contributed by atoms with Gasteiger partial charge in [0.25, 0.3) is 0 Å². The van der Waals surface area contributed by atoms with Gasteiger partial charge in [0.15, 0.2) is 5.13 Å². The minimum absolute atomic E-state index is 0.451. The molecule has 1 aromatic heterocycles. The zero-order valence-electron chi connectivity index (χ0n) is 9.09. The van der Waals surface area contributed by atoms with Gasteiger partial charge in [-0.3, -0.25) is 4.79 Å². The Kier molecular flexibility index (Phi) is 3.11. The molecule has 2 heterocycles. The van der Waals surface area contributed by atoms with Gasteiger partial charge >= 0.3 is 5.97 Å². The zero-order chi connectivity index (χ0) is 11.7. The van der Waals surface area contributed by atoms with Crippen molar-refractivity contribution in [2.24, 2.45) is 11.7 Å². The van der Waals surface area contributed by atoms with Gasteiger partial charge in [0.05, 0.1) is 5.69 Å². The lowest BCUT2D eigenvalue weighted by Crippen LogP contribution is -2.22. The van der Waals surface area contributed by atoms with E-state index in [2.05, 4.69) is 16.8 Å². The molecule has 0 bridgehead atoms. The molecule has 0 radical (unpaired) electrons. The SMILES string of the molecule is CC1CCN(c2nc(C(N)C(=O)O)cs2)C1. The van der Waals surface area contributed by atoms with Crippen LogP contribution in [0.2, 0.25) is 0 Å². The summed E-state index contributed by atoms with van der Waals surface area (Å²) < 4.78 is 0. The van der Waals surface area contributed by atoms with Crippen LogP contribution in [0.4, 0.5) is 5.13 Å². The lowest BCUT2D eigenvalue weighted by atomic mass is 10.2. The van der Waals surface area contributed by atoms with Gasteiger partial charge in [-0.05, 0) is 12.3 Å². The molecule has 0 amide bonds. The highest BCUT2D eigenvalue weighted by atomic mass is 32.1. The summed E-state index contributed by atoms with van der Waals surface area (Å²) in [6.45, 7) is 4.20. The second kappa shape index (κ2) is 4.39. The summed E-state index contributed by atoms with van der Waals surface area (Å²) in [6, 6.07) is -1.01. The number of aromatic nitrogens is 1. The molecule has 0 aliphatic carbocycles. The maximum Gasteiger partial charge on any atom is 0.326 e. The Hall–Kier alpha value is -1.14. The van der Waals surface area contributed by atoms with Gasteiger partial charge in [-0.1, -0.05) is 6.92 Å². The van der Waals surface area contributed by atoms with Crippen molar-refractivity contribution in [2.75, 3.05) is 18.0 Å². The number of hydrogen-bond donors (Lipinski definition) is 2. The van der Waals surface area contributed by atoms with Crippen LogP contribution >= 0.6 is 11.3 Å². The molecule has 2 unspecified atom stereocenters. The van der Waals surface area contributed by atoms with E-state index in [1.165, 1.54) is 17.8 Å². The van der Waals surface area contributed by atoms with E-state index in [1.807, 2.05) is 0 Å². The van der Waals surface area contributed by atoms with Gasteiger partial charge < -0.3 is 15.7 Å². The highest BCUT2D eigenvalue weighted by Crippen LogP contribution is 2.28. The number of aliphatic carboxylic acids is 1. The highest BCUT2D eigenvalue weighted by molar-refractivity contribution is 7.13.